The molecule has 0 unspecified atom stereocenters. The molecule has 16 aromatic rings. The van der Waals surface area contributed by atoms with Gasteiger partial charge in [0.25, 0.3) is 0 Å². The molecule has 0 aliphatic carbocycles. The Morgan fingerprint density at radius 1 is 0.233 bits per heavy atom. The predicted octanol–water partition coefficient (Wildman–Crippen LogP) is 23.7. The summed E-state index contributed by atoms with van der Waals surface area (Å²) in [7, 11) is 0. The number of nitrogens with zero attached hydrogens (tertiary/aromatic N) is 2. The highest BCUT2D eigenvalue weighted by Gasteiger charge is 2.25. The molecule has 0 aliphatic rings. The average molecular weight is 1100 g/mol. The number of furan rings is 2. The van der Waals surface area contributed by atoms with E-state index in [1.807, 2.05) is 12.1 Å². The first-order valence-electron chi connectivity index (χ1n) is 29.5. The van der Waals surface area contributed by atoms with Crippen LogP contribution in [0.5, 0.6) is 0 Å². The van der Waals surface area contributed by atoms with Gasteiger partial charge in [0.1, 0.15) is 22.3 Å². The fourth-order valence-corrected chi connectivity index (χ4v) is 13.2. The molecule has 4 heteroatoms. The van der Waals surface area contributed by atoms with E-state index in [2.05, 4.69) is 315 Å². The van der Waals surface area contributed by atoms with Crippen molar-refractivity contribution in [2.75, 3.05) is 9.80 Å². The first kappa shape index (κ1) is 50.5. The van der Waals surface area contributed by atoms with Crippen molar-refractivity contribution in [3.8, 4) is 55.6 Å². The molecule has 0 radical (unpaired) electrons. The first-order chi connectivity index (χ1) is 42.5. The minimum atomic E-state index is 0.877. The maximum atomic E-state index is 6.72. The summed E-state index contributed by atoms with van der Waals surface area (Å²) < 4.78 is 13.4. The smallest absolute Gasteiger partial charge is 0.143 e. The maximum absolute atomic E-state index is 6.72. The lowest BCUT2D eigenvalue weighted by atomic mass is 9.95. The Kier molecular flexibility index (Phi) is 12.3. The lowest BCUT2D eigenvalue weighted by molar-refractivity contribution is 0.669. The molecule has 4 nitrogen and oxygen atoms in total. The molecule has 0 amide bonds. The summed E-state index contributed by atoms with van der Waals surface area (Å²) in [6, 6.07) is 109. The number of hydrogen-bond donors (Lipinski definition) is 0. The van der Waals surface area contributed by atoms with Crippen molar-refractivity contribution in [2.24, 2.45) is 0 Å². The van der Waals surface area contributed by atoms with E-state index in [1.165, 1.54) is 43.8 Å². The molecule has 0 saturated carbocycles. The van der Waals surface area contributed by atoms with Crippen LogP contribution >= 0.6 is 0 Å². The number of hydrogen-bond acceptors (Lipinski definition) is 4. The molecule has 0 saturated heterocycles. The lowest BCUT2D eigenvalue weighted by Crippen LogP contribution is -2.13. The molecule has 14 aromatic carbocycles. The molecule has 0 N–H and O–H groups in total. The Bertz CT molecular complexity index is 4940. The van der Waals surface area contributed by atoms with E-state index in [0.29, 0.717) is 0 Å². The van der Waals surface area contributed by atoms with Crippen LogP contribution in [0, 0.1) is 13.8 Å². The Labute approximate surface area is 499 Å². The fourth-order valence-electron chi connectivity index (χ4n) is 13.2. The third kappa shape index (κ3) is 8.61. The van der Waals surface area contributed by atoms with Gasteiger partial charge in [-0.1, -0.05) is 231 Å². The van der Waals surface area contributed by atoms with Crippen LogP contribution in [0.2, 0.25) is 0 Å². The van der Waals surface area contributed by atoms with E-state index in [9.17, 15) is 0 Å². The first-order valence-corrected chi connectivity index (χ1v) is 29.5. The number of para-hydroxylation sites is 6. The average Bonchev–Trinajstić information content (AvgIpc) is 2.81. The van der Waals surface area contributed by atoms with Crippen LogP contribution in [0.3, 0.4) is 0 Å². The van der Waals surface area contributed by atoms with Crippen LogP contribution in [0.25, 0.3) is 121 Å². The molecule has 0 atom stereocenters. The van der Waals surface area contributed by atoms with Crippen LogP contribution in [0.4, 0.5) is 34.1 Å². The summed E-state index contributed by atoms with van der Waals surface area (Å²) in [5.74, 6) is 0. The summed E-state index contributed by atoms with van der Waals surface area (Å²) in [5, 5.41) is 9.34. The molecular weight excluding hydrogens is 1040 g/mol. The van der Waals surface area contributed by atoms with Crippen LogP contribution in [0.15, 0.2) is 312 Å². The second-order valence-corrected chi connectivity index (χ2v) is 22.4. The second kappa shape index (κ2) is 20.9. The highest BCUT2D eigenvalue weighted by Crippen LogP contribution is 2.49. The van der Waals surface area contributed by atoms with Crippen molar-refractivity contribution in [1.29, 1.82) is 0 Å². The molecule has 0 fully saturated rings. The topological polar surface area (TPSA) is 32.8 Å². The number of fused-ring (bicyclic) bond motifs is 8. The van der Waals surface area contributed by atoms with Gasteiger partial charge in [-0.15, -0.1) is 0 Å². The van der Waals surface area contributed by atoms with Crippen molar-refractivity contribution >= 4 is 99.5 Å². The highest BCUT2D eigenvalue weighted by molar-refractivity contribution is 6.12. The molecule has 2 aromatic heterocycles. The van der Waals surface area contributed by atoms with Gasteiger partial charge in [-0.2, -0.15) is 0 Å². The number of benzene rings is 14. The van der Waals surface area contributed by atoms with Gasteiger partial charge in [-0.05, 0) is 153 Å². The Morgan fingerprint density at radius 2 is 0.558 bits per heavy atom. The minimum Gasteiger partial charge on any atom is -0.455 e. The van der Waals surface area contributed by atoms with E-state index in [-0.39, 0.29) is 0 Å². The summed E-state index contributed by atoms with van der Waals surface area (Å²) >= 11 is 0. The third-order valence-corrected chi connectivity index (χ3v) is 17.3. The number of aryl methyl sites for hydroxylation is 2. The molecule has 0 spiro atoms. The summed E-state index contributed by atoms with van der Waals surface area (Å²) in [6.07, 6.45) is 0. The molecule has 86 heavy (non-hydrogen) atoms. The normalized spacial score (nSPS) is 11.6. The van der Waals surface area contributed by atoms with Crippen LogP contribution in [-0.2, 0) is 0 Å². The lowest BCUT2D eigenvalue weighted by Gasteiger charge is -2.30. The highest BCUT2D eigenvalue weighted by atomic mass is 16.3. The summed E-state index contributed by atoms with van der Waals surface area (Å²) in [6.45, 7) is 4.48. The molecule has 0 aliphatic heterocycles. The molecule has 2 heterocycles. The predicted molar refractivity (Wildman–Crippen MR) is 362 cm³/mol. The third-order valence-electron chi connectivity index (χ3n) is 17.3. The van der Waals surface area contributed by atoms with E-state index < -0.39 is 0 Å². The van der Waals surface area contributed by atoms with Gasteiger partial charge in [-0.25, -0.2) is 0 Å². The second-order valence-electron chi connectivity index (χ2n) is 22.4. The van der Waals surface area contributed by atoms with Gasteiger partial charge in [0.05, 0.1) is 11.4 Å². The van der Waals surface area contributed by atoms with Crippen molar-refractivity contribution in [1.82, 2.24) is 0 Å². The zero-order valence-electron chi connectivity index (χ0n) is 47.6. The van der Waals surface area contributed by atoms with Gasteiger partial charge < -0.3 is 18.6 Å². The molecular formula is C82H56N2O2. The van der Waals surface area contributed by atoms with Gasteiger partial charge in [0, 0.05) is 66.5 Å². The van der Waals surface area contributed by atoms with E-state index in [1.54, 1.807) is 0 Å². The largest absolute Gasteiger partial charge is 0.455 e. The van der Waals surface area contributed by atoms with E-state index >= 15 is 0 Å². The maximum Gasteiger partial charge on any atom is 0.143 e. The van der Waals surface area contributed by atoms with Crippen molar-refractivity contribution in [3.05, 3.63) is 314 Å². The minimum absolute atomic E-state index is 0.877. The zero-order chi connectivity index (χ0) is 57.2. The van der Waals surface area contributed by atoms with E-state index in [4.69, 9.17) is 8.83 Å². The zero-order valence-corrected chi connectivity index (χ0v) is 47.6. The van der Waals surface area contributed by atoms with Gasteiger partial charge >= 0.3 is 0 Å². The molecule has 0 bridgehead atoms. The van der Waals surface area contributed by atoms with Crippen molar-refractivity contribution in [3.63, 3.8) is 0 Å². The Hall–Kier alpha value is -11.2. The fraction of sp³-hybridized carbons (Fsp3) is 0.0244. The van der Waals surface area contributed by atoms with Gasteiger partial charge in [0.15, 0.2) is 0 Å². The van der Waals surface area contributed by atoms with Crippen LogP contribution < -0.4 is 9.80 Å². The Morgan fingerprint density at radius 3 is 1.00 bits per heavy atom. The van der Waals surface area contributed by atoms with Crippen LogP contribution in [0.1, 0.15) is 11.1 Å². The van der Waals surface area contributed by atoms with Crippen molar-refractivity contribution < 1.29 is 8.83 Å². The standard InChI is InChI=1S/C82H56N2O2/c1-53-51-59(43-49-75(53)83(61-45-39-57(40-46-61)65-29-15-21-55-19-3-5-23-63(55)65)77-35-11-7-25-67(77)71-31-17-33-73-69-27-9-13-37-79(69)85-81(71)73)60-44-50-76(54(2)52-60)84(62-47-41-58(42-48-62)66-30-16-22-56-20-4-6-24-64(56)66)78-36-12-8-26-68(78)72-32-18-34-74-70-28-10-14-38-80(70)86-82(72)74/h3-52H,1-2H3. The summed E-state index contributed by atoms with van der Waals surface area (Å²) in [4.78, 5) is 4.84. The van der Waals surface area contributed by atoms with Gasteiger partial charge in [0.2, 0.25) is 0 Å². The van der Waals surface area contributed by atoms with Crippen molar-refractivity contribution in [2.45, 2.75) is 13.8 Å². The van der Waals surface area contributed by atoms with Crippen LogP contribution in [-0.4, -0.2) is 0 Å². The quantitative estimate of drug-likeness (QED) is 0.129. The Balaban J connectivity index is 0.814. The monoisotopic (exact) mass is 1100 g/mol. The van der Waals surface area contributed by atoms with E-state index in [0.717, 1.165) is 123 Å². The van der Waals surface area contributed by atoms with Gasteiger partial charge in [-0.3, -0.25) is 0 Å². The summed E-state index contributed by atoms with van der Waals surface area (Å²) in [5.41, 5.74) is 23.4. The SMILES string of the molecule is Cc1cc(-c2ccc(N(c3ccc(-c4cccc5ccccc45)cc3)c3ccccc3-c3cccc4c3oc3ccccc34)c(C)c2)ccc1N(c1ccc(-c2cccc3ccccc23)cc1)c1ccccc1-c1cccc2c1oc1ccccc12. The number of rotatable bonds is 11. The molecule has 406 valence electrons. The number of anilines is 6. The molecule has 16 rings (SSSR count).